The van der Waals surface area contributed by atoms with Crippen LogP contribution in [0.1, 0.15) is 24.5 Å². The second-order valence-corrected chi connectivity index (χ2v) is 3.20. The van der Waals surface area contributed by atoms with Gasteiger partial charge in [-0.1, -0.05) is 30.3 Å². The minimum Gasteiger partial charge on any atom is -0.442 e. The van der Waals surface area contributed by atoms with Crippen LogP contribution in [0.4, 0.5) is 4.79 Å². The summed E-state index contributed by atoms with van der Waals surface area (Å²) in [7, 11) is 0. The Morgan fingerprint density at radius 1 is 1.40 bits per heavy atom. The molecule has 0 saturated carbocycles. The zero-order valence-corrected chi connectivity index (χ0v) is 8.43. The Kier molecular flexibility index (Phi) is 4.63. The van der Waals surface area contributed by atoms with Crippen LogP contribution < -0.4 is 5.73 Å². The molecule has 0 fully saturated rings. The van der Waals surface area contributed by atoms with E-state index in [2.05, 4.69) is 0 Å². The van der Waals surface area contributed by atoms with E-state index in [-0.39, 0.29) is 12.7 Å². The van der Waals surface area contributed by atoms with Gasteiger partial charge in [-0.15, -0.1) is 0 Å². The molecule has 0 heterocycles. The number of benzene rings is 1. The van der Waals surface area contributed by atoms with Gasteiger partial charge in [0.15, 0.2) is 0 Å². The second kappa shape index (κ2) is 6.03. The van der Waals surface area contributed by atoms with E-state index in [1.807, 2.05) is 30.3 Å². The molecule has 82 valence electrons. The summed E-state index contributed by atoms with van der Waals surface area (Å²) in [5, 5.41) is 8.72. The van der Waals surface area contributed by atoms with Gasteiger partial charge in [-0.2, -0.15) is 0 Å². The molecule has 4 heteroatoms. The minimum absolute atomic E-state index is 0.0749. The maximum Gasteiger partial charge on any atom is 0.405 e. The lowest BCUT2D eigenvalue weighted by atomic mass is 10.1. The monoisotopic (exact) mass is 209 g/mol. The van der Waals surface area contributed by atoms with Gasteiger partial charge in [-0.25, -0.2) is 4.79 Å². The van der Waals surface area contributed by atoms with Crippen molar-refractivity contribution in [2.75, 3.05) is 6.61 Å². The van der Waals surface area contributed by atoms with Crippen LogP contribution >= 0.6 is 0 Å². The fourth-order valence-electron chi connectivity index (χ4n) is 1.38. The van der Waals surface area contributed by atoms with Crippen molar-refractivity contribution >= 4 is 6.09 Å². The van der Waals surface area contributed by atoms with Crippen LogP contribution in [0.25, 0.3) is 0 Å². The molecule has 0 spiro atoms. The van der Waals surface area contributed by atoms with E-state index in [0.29, 0.717) is 12.8 Å². The molecule has 0 aliphatic carbocycles. The molecule has 15 heavy (non-hydrogen) atoms. The first kappa shape index (κ1) is 11.5. The van der Waals surface area contributed by atoms with Crippen molar-refractivity contribution < 1.29 is 14.6 Å². The van der Waals surface area contributed by atoms with E-state index in [0.717, 1.165) is 5.56 Å². The van der Waals surface area contributed by atoms with Crippen molar-refractivity contribution in [2.24, 2.45) is 5.73 Å². The smallest absolute Gasteiger partial charge is 0.405 e. The van der Waals surface area contributed by atoms with Gasteiger partial charge < -0.3 is 15.6 Å². The first-order chi connectivity index (χ1) is 7.24. The quantitative estimate of drug-likeness (QED) is 0.773. The zero-order valence-electron chi connectivity index (χ0n) is 8.43. The number of nitrogens with two attached hydrogens (primary N) is 1. The predicted octanol–water partition coefficient (Wildman–Crippen LogP) is 1.60. The highest BCUT2D eigenvalue weighted by Gasteiger charge is 2.13. The maximum absolute atomic E-state index is 10.7. The molecular formula is C11H15NO3. The Morgan fingerprint density at radius 3 is 2.60 bits per heavy atom. The number of aliphatic hydroxyl groups is 1. The summed E-state index contributed by atoms with van der Waals surface area (Å²) < 4.78 is 4.97. The fourth-order valence-corrected chi connectivity index (χ4v) is 1.38. The summed E-state index contributed by atoms with van der Waals surface area (Å²) in [6, 6.07) is 9.35. The molecule has 1 aromatic rings. The number of aliphatic hydroxyl groups excluding tert-OH is 1. The van der Waals surface area contributed by atoms with Gasteiger partial charge in [0.2, 0.25) is 0 Å². The predicted molar refractivity (Wildman–Crippen MR) is 56.2 cm³/mol. The van der Waals surface area contributed by atoms with Crippen LogP contribution in [-0.4, -0.2) is 17.8 Å². The average molecular weight is 209 g/mol. The number of amides is 1. The van der Waals surface area contributed by atoms with Gasteiger partial charge in [0.25, 0.3) is 0 Å². The number of hydrogen-bond donors (Lipinski definition) is 2. The van der Waals surface area contributed by atoms with Gasteiger partial charge in [-0.3, -0.25) is 0 Å². The van der Waals surface area contributed by atoms with Crippen molar-refractivity contribution in [3.05, 3.63) is 35.9 Å². The Bertz CT molecular complexity index is 300. The summed E-state index contributed by atoms with van der Waals surface area (Å²) in [4.78, 5) is 10.7. The van der Waals surface area contributed by atoms with Gasteiger partial charge >= 0.3 is 6.09 Å². The minimum atomic E-state index is -0.790. The van der Waals surface area contributed by atoms with E-state index in [9.17, 15) is 4.79 Å². The summed E-state index contributed by atoms with van der Waals surface area (Å²) in [5.74, 6) is 0. The summed E-state index contributed by atoms with van der Waals surface area (Å²) in [5.41, 5.74) is 5.87. The molecule has 0 aliphatic heterocycles. The van der Waals surface area contributed by atoms with Crippen LogP contribution in [0.3, 0.4) is 0 Å². The van der Waals surface area contributed by atoms with Gasteiger partial charge in [-0.05, 0) is 18.4 Å². The van der Waals surface area contributed by atoms with Crippen LogP contribution in [-0.2, 0) is 4.74 Å². The molecule has 1 aromatic carbocycles. The topological polar surface area (TPSA) is 72.6 Å². The number of primary amides is 1. The molecule has 0 aromatic heterocycles. The average Bonchev–Trinajstić information content (AvgIpc) is 2.25. The lowest BCUT2D eigenvalue weighted by Gasteiger charge is -2.16. The first-order valence-electron chi connectivity index (χ1n) is 4.86. The molecule has 4 nitrogen and oxygen atoms in total. The van der Waals surface area contributed by atoms with E-state index in [4.69, 9.17) is 15.6 Å². The third-order valence-electron chi connectivity index (χ3n) is 2.05. The van der Waals surface area contributed by atoms with E-state index < -0.39 is 6.09 Å². The maximum atomic E-state index is 10.7. The van der Waals surface area contributed by atoms with Gasteiger partial charge in [0.05, 0.1) is 0 Å². The van der Waals surface area contributed by atoms with E-state index in [1.54, 1.807) is 0 Å². The van der Waals surface area contributed by atoms with Crippen LogP contribution in [0.5, 0.6) is 0 Å². The first-order valence-corrected chi connectivity index (χ1v) is 4.86. The van der Waals surface area contributed by atoms with Crippen molar-refractivity contribution in [3.8, 4) is 0 Å². The number of ether oxygens (including phenoxy) is 1. The molecule has 0 radical (unpaired) electrons. The lowest BCUT2D eigenvalue weighted by molar-refractivity contribution is 0.0956. The lowest BCUT2D eigenvalue weighted by Crippen LogP contribution is -2.17. The number of rotatable bonds is 5. The normalized spacial score (nSPS) is 12.1. The summed E-state index contributed by atoms with van der Waals surface area (Å²) in [6.07, 6.45) is -0.00586. The highest BCUT2D eigenvalue weighted by Crippen LogP contribution is 2.22. The Labute approximate surface area is 88.7 Å². The number of carbonyl (C=O) groups excluding carboxylic acids is 1. The second-order valence-electron chi connectivity index (χ2n) is 3.20. The van der Waals surface area contributed by atoms with Gasteiger partial charge in [0.1, 0.15) is 6.10 Å². The van der Waals surface area contributed by atoms with E-state index >= 15 is 0 Å². The van der Waals surface area contributed by atoms with Crippen molar-refractivity contribution in [1.82, 2.24) is 0 Å². The molecule has 0 bridgehead atoms. The van der Waals surface area contributed by atoms with Crippen LogP contribution in [0, 0.1) is 0 Å². The van der Waals surface area contributed by atoms with Crippen LogP contribution in [0.15, 0.2) is 30.3 Å². The SMILES string of the molecule is NC(=O)OC(CCCO)c1ccccc1. The molecule has 1 unspecified atom stereocenters. The van der Waals surface area contributed by atoms with Crippen LogP contribution in [0.2, 0.25) is 0 Å². The fraction of sp³-hybridized carbons (Fsp3) is 0.364. The molecule has 0 aliphatic rings. The number of carbonyl (C=O) groups is 1. The highest BCUT2D eigenvalue weighted by molar-refractivity contribution is 5.65. The highest BCUT2D eigenvalue weighted by atomic mass is 16.6. The molecule has 1 rings (SSSR count). The molecule has 0 saturated heterocycles. The zero-order chi connectivity index (χ0) is 11.1. The summed E-state index contributed by atoms with van der Waals surface area (Å²) >= 11 is 0. The molecular weight excluding hydrogens is 194 g/mol. The third-order valence-corrected chi connectivity index (χ3v) is 2.05. The van der Waals surface area contributed by atoms with Crippen molar-refractivity contribution in [3.63, 3.8) is 0 Å². The molecule has 1 atom stereocenters. The summed E-state index contributed by atoms with van der Waals surface area (Å²) in [6.45, 7) is 0.0749. The Hall–Kier alpha value is -1.55. The standard InChI is InChI=1S/C11H15NO3/c12-11(14)15-10(7-4-8-13)9-5-2-1-3-6-9/h1-3,5-6,10,13H,4,7-8H2,(H2,12,14). The van der Waals surface area contributed by atoms with Crippen molar-refractivity contribution in [2.45, 2.75) is 18.9 Å². The van der Waals surface area contributed by atoms with E-state index in [1.165, 1.54) is 0 Å². The largest absolute Gasteiger partial charge is 0.442 e. The molecule has 3 N–H and O–H groups in total. The third kappa shape index (κ3) is 3.99. The van der Waals surface area contributed by atoms with Gasteiger partial charge in [0, 0.05) is 6.61 Å². The Morgan fingerprint density at radius 2 is 2.07 bits per heavy atom. The Balaban J connectivity index is 2.67. The number of hydrogen-bond acceptors (Lipinski definition) is 3. The van der Waals surface area contributed by atoms with Crippen molar-refractivity contribution in [1.29, 1.82) is 0 Å². The molecule has 1 amide bonds.